The molecule has 2 heterocycles. The fourth-order valence-corrected chi connectivity index (χ4v) is 3.59. The molecule has 0 saturated heterocycles. The van der Waals surface area contributed by atoms with Crippen LogP contribution in [0.5, 0.6) is 5.88 Å². The van der Waals surface area contributed by atoms with Crippen molar-refractivity contribution in [1.29, 1.82) is 0 Å². The van der Waals surface area contributed by atoms with E-state index in [2.05, 4.69) is 25.8 Å². The smallest absolute Gasteiger partial charge is 0.320 e. The normalized spacial score (nSPS) is 17.7. The molecule has 1 aromatic carbocycles. The molecule has 10 nitrogen and oxygen atoms in total. The standard InChI is InChI=1S/C21H18ClF2N5O5/c22-14-7-11(3-6-15(14)23)27-21-29-28-19(34-21)17(30)26-12-8-16(24)18(25-9-12)33-13-4-1-10(2-5-13)20(31)32/h3,6-10,13H,1-2,4-5H2,(H,26,30)(H,27,29)(H,31,32)/t10-,13-. The molecule has 4 rings (SSSR count). The highest BCUT2D eigenvalue weighted by molar-refractivity contribution is 6.31. The van der Waals surface area contributed by atoms with Gasteiger partial charge in [-0.25, -0.2) is 13.8 Å². The van der Waals surface area contributed by atoms with Crippen molar-refractivity contribution in [3.05, 3.63) is 53.0 Å². The zero-order valence-corrected chi connectivity index (χ0v) is 18.2. The molecule has 3 aromatic rings. The molecule has 0 radical (unpaired) electrons. The summed E-state index contributed by atoms with van der Waals surface area (Å²) in [6.07, 6.45) is 2.73. The van der Waals surface area contributed by atoms with Crippen molar-refractivity contribution in [2.24, 2.45) is 5.92 Å². The predicted octanol–water partition coefficient (Wildman–Crippen LogP) is 4.41. The van der Waals surface area contributed by atoms with Crippen molar-refractivity contribution >= 4 is 40.9 Å². The topological polar surface area (TPSA) is 139 Å². The molecule has 1 fully saturated rings. The Balaban J connectivity index is 1.34. The lowest BCUT2D eigenvalue weighted by molar-refractivity contribution is -0.143. The van der Waals surface area contributed by atoms with Gasteiger partial charge in [0.05, 0.1) is 22.8 Å². The highest BCUT2D eigenvalue weighted by atomic mass is 35.5. The molecule has 13 heteroatoms. The summed E-state index contributed by atoms with van der Waals surface area (Å²) in [5, 5.41) is 21.3. The Labute approximate surface area is 196 Å². The molecule has 178 valence electrons. The van der Waals surface area contributed by atoms with E-state index in [1.54, 1.807) is 0 Å². The molecule has 3 N–H and O–H groups in total. The van der Waals surface area contributed by atoms with E-state index in [4.69, 9.17) is 25.9 Å². The van der Waals surface area contributed by atoms with Crippen molar-refractivity contribution in [2.45, 2.75) is 31.8 Å². The van der Waals surface area contributed by atoms with Crippen molar-refractivity contribution in [2.75, 3.05) is 10.6 Å². The number of halogens is 3. The number of ether oxygens (including phenoxy) is 1. The van der Waals surface area contributed by atoms with E-state index < -0.39 is 35.3 Å². The number of hydrogen-bond donors (Lipinski definition) is 3. The summed E-state index contributed by atoms with van der Waals surface area (Å²) in [4.78, 5) is 27.3. The van der Waals surface area contributed by atoms with Gasteiger partial charge in [0.1, 0.15) is 11.9 Å². The molecular weight excluding hydrogens is 476 g/mol. The Kier molecular flexibility index (Phi) is 6.87. The number of carbonyl (C=O) groups excluding carboxylic acids is 1. The summed E-state index contributed by atoms with van der Waals surface area (Å²) in [6, 6.07) is 4.72. The van der Waals surface area contributed by atoms with Crippen LogP contribution >= 0.6 is 11.6 Å². The number of aromatic nitrogens is 3. The summed E-state index contributed by atoms with van der Waals surface area (Å²) in [5.74, 6) is -4.10. The van der Waals surface area contributed by atoms with Gasteiger partial charge in [0.15, 0.2) is 5.82 Å². The average molecular weight is 494 g/mol. The number of carbonyl (C=O) groups is 2. The molecule has 0 atom stereocenters. The number of amides is 1. The number of nitrogens with zero attached hydrogens (tertiary/aromatic N) is 3. The van der Waals surface area contributed by atoms with Crippen LogP contribution in [-0.4, -0.2) is 38.3 Å². The molecule has 0 unspecified atom stereocenters. The van der Waals surface area contributed by atoms with Gasteiger partial charge in [-0.2, -0.15) is 0 Å². The van der Waals surface area contributed by atoms with Crippen LogP contribution in [0.15, 0.2) is 34.9 Å². The molecule has 34 heavy (non-hydrogen) atoms. The molecule has 1 saturated carbocycles. The van der Waals surface area contributed by atoms with Crippen LogP contribution in [0.2, 0.25) is 5.02 Å². The van der Waals surface area contributed by atoms with E-state index in [1.165, 1.54) is 18.3 Å². The third kappa shape index (κ3) is 5.57. The largest absolute Gasteiger partial charge is 0.481 e. The molecule has 0 bridgehead atoms. The van der Waals surface area contributed by atoms with Crippen molar-refractivity contribution in [3.63, 3.8) is 0 Å². The van der Waals surface area contributed by atoms with E-state index >= 15 is 0 Å². The van der Waals surface area contributed by atoms with E-state index in [0.717, 1.165) is 12.1 Å². The lowest BCUT2D eigenvalue weighted by Gasteiger charge is -2.26. The molecule has 2 aromatic heterocycles. The van der Waals surface area contributed by atoms with Gasteiger partial charge in [-0.3, -0.25) is 9.59 Å². The average Bonchev–Trinajstić information content (AvgIpc) is 3.27. The number of nitrogens with one attached hydrogen (secondary N) is 2. The third-order valence-electron chi connectivity index (χ3n) is 5.16. The van der Waals surface area contributed by atoms with Gasteiger partial charge >= 0.3 is 23.8 Å². The van der Waals surface area contributed by atoms with Crippen LogP contribution in [0.1, 0.15) is 36.4 Å². The Morgan fingerprint density at radius 1 is 1.09 bits per heavy atom. The number of anilines is 3. The van der Waals surface area contributed by atoms with Crippen molar-refractivity contribution < 1.29 is 32.6 Å². The van der Waals surface area contributed by atoms with Crippen molar-refractivity contribution in [1.82, 2.24) is 15.2 Å². The van der Waals surface area contributed by atoms with Crippen molar-refractivity contribution in [3.8, 4) is 5.88 Å². The van der Waals surface area contributed by atoms with Crippen LogP contribution < -0.4 is 15.4 Å². The Hall–Kier alpha value is -3.80. The lowest BCUT2D eigenvalue weighted by Crippen LogP contribution is -2.28. The maximum Gasteiger partial charge on any atom is 0.320 e. The zero-order chi connectivity index (χ0) is 24.2. The minimum atomic E-state index is -0.841. The summed E-state index contributed by atoms with van der Waals surface area (Å²) < 4.78 is 38.5. The summed E-state index contributed by atoms with van der Waals surface area (Å²) in [6.45, 7) is 0. The maximum absolute atomic E-state index is 14.4. The molecule has 0 aliphatic heterocycles. The summed E-state index contributed by atoms with van der Waals surface area (Å²) >= 11 is 5.71. The first-order chi connectivity index (χ1) is 16.3. The quantitative estimate of drug-likeness (QED) is 0.436. The number of carboxylic acid groups (broad SMARTS) is 1. The van der Waals surface area contributed by atoms with Crippen LogP contribution in [0.3, 0.4) is 0 Å². The molecule has 1 amide bonds. The van der Waals surface area contributed by atoms with E-state index in [1.807, 2.05) is 0 Å². The van der Waals surface area contributed by atoms with Gasteiger partial charge in [0.2, 0.25) is 0 Å². The van der Waals surface area contributed by atoms with Crippen LogP contribution in [0.4, 0.5) is 26.2 Å². The maximum atomic E-state index is 14.4. The zero-order valence-electron chi connectivity index (χ0n) is 17.4. The predicted molar refractivity (Wildman–Crippen MR) is 115 cm³/mol. The number of rotatable bonds is 7. The highest BCUT2D eigenvalue weighted by Crippen LogP contribution is 2.29. The molecular formula is C21H18ClF2N5O5. The number of aliphatic carboxylic acids is 1. The number of pyridine rings is 1. The first kappa shape index (κ1) is 23.4. The minimum absolute atomic E-state index is 0.0301. The summed E-state index contributed by atoms with van der Waals surface area (Å²) in [5.41, 5.74) is 0.391. The second kappa shape index (κ2) is 10.00. The Morgan fingerprint density at radius 2 is 1.85 bits per heavy atom. The monoisotopic (exact) mass is 493 g/mol. The van der Waals surface area contributed by atoms with Gasteiger partial charge < -0.3 is 24.9 Å². The van der Waals surface area contributed by atoms with Gasteiger partial charge in [-0.1, -0.05) is 16.7 Å². The Bertz CT molecular complexity index is 1220. The SMILES string of the molecule is O=C(Nc1cnc(O[C@H]2CC[C@H](C(=O)O)CC2)c(F)c1)c1nnc(Nc2ccc(F)c(Cl)c2)o1. The minimum Gasteiger partial charge on any atom is -0.481 e. The summed E-state index contributed by atoms with van der Waals surface area (Å²) in [7, 11) is 0. The van der Waals surface area contributed by atoms with Gasteiger partial charge in [0.25, 0.3) is 5.88 Å². The highest BCUT2D eigenvalue weighted by Gasteiger charge is 2.28. The number of benzene rings is 1. The van der Waals surface area contributed by atoms with Crippen LogP contribution in [-0.2, 0) is 4.79 Å². The van der Waals surface area contributed by atoms with Gasteiger partial charge in [0, 0.05) is 11.8 Å². The van der Waals surface area contributed by atoms with Gasteiger partial charge in [-0.05, 0) is 43.9 Å². The van der Waals surface area contributed by atoms with E-state index in [9.17, 15) is 18.4 Å². The van der Waals surface area contributed by atoms with Crippen LogP contribution in [0.25, 0.3) is 0 Å². The fraction of sp³-hybridized carbons (Fsp3) is 0.286. The first-order valence-corrected chi connectivity index (χ1v) is 10.6. The Morgan fingerprint density at radius 3 is 2.53 bits per heavy atom. The molecule has 0 spiro atoms. The lowest BCUT2D eigenvalue weighted by atomic mass is 9.87. The first-order valence-electron chi connectivity index (χ1n) is 10.2. The fourth-order valence-electron chi connectivity index (χ4n) is 3.41. The third-order valence-corrected chi connectivity index (χ3v) is 5.45. The molecule has 1 aliphatic rings. The number of carboxylic acids is 1. The van der Waals surface area contributed by atoms with E-state index in [0.29, 0.717) is 31.4 Å². The van der Waals surface area contributed by atoms with Gasteiger partial charge in [-0.15, -0.1) is 5.10 Å². The van der Waals surface area contributed by atoms with E-state index in [-0.39, 0.29) is 28.7 Å². The van der Waals surface area contributed by atoms with Crippen LogP contribution in [0, 0.1) is 17.6 Å². The molecule has 1 aliphatic carbocycles. The number of hydrogen-bond acceptors (Lipinski definition) is 8. The second-order valence-electron chi connectivity index (χ2n) is 7.56. The second-order valence-corrected chi connectivity index (χ2v) is 7.97.